The molecule has 0 radical (unpaired) electrons. The van der Waals surface area contributed by atoms with Crippen LogP contribution in [-0.2, 0) is 32.2 Å². The molecule has 1 aromatic heterocycles. The maximum absolute atomic E-state index is 13.9. The molecular formula is C34H43N5O5S. The first kappa shape index (κ1) is 33.9. The van der Waals surface area contributed by atoms with Gasteiger partial charge in [-0.1, -0.05) is 60.7 Å². The van der Waals surface area contributed by atoms with Crippen LogP contribution in [0.15, 0.2) is 72.1 Å². The smallest absolute Gasteiger partial charge is 0.329 e. The number of urea groups is 1. The predicted octanol–water partition coefficient (Wildman–Crippen LogP) is 5.02. The van der Waals surface area contributed by atoms with Gasteiger partial charge < -0.3 is 25.0 Å². The standard InChI is InChI=1S/C34H43N5O5S/c1-6-43-33(44-7-2)24(4)39(20-27-22-45-30-18-11-10-17-29(27)30)32(41)23(3)36-31(40)21-38(5)37-34(42)35-19-26-15-12-14-25-13-8-9-16-28(25)26/h8-18,22-24,33H,6-7,19-21H2,1-5H3,(H,36,40)(H2,35,37,42)/t23-,24-/m0/s1. The number of fused-ring (bicyclic) bond motifs is 2. The molecule has 4 rings (SSSR count). The van der Waals surface area contributed by atoms with Crippen molar-refractivity contribution in [2.45, 2.75) is 59.2 Å². The van der Waals surface area contributed by atoms with E-state index < -0.39 is 30.3 Å². The quantitative estimate of drug-likeness (QED) is 0.125. The van der Waals surface area contributed by atoms with Crippen molar-refractivity contribution in [3.05, 3.63) is 83.2 Å². The Morgan fingerprint density at radius 2 is 1.53 bits per heavy atom. The normalized spacial score (nSPS) is 12.8. The Labute approximate surface area is 268 Å². The summed E-state index contributed by atoms with van der Waals surface area (Å²) >= 11 is 1.63. The van der Waals surface area contributed by atoms with Gasteiger partial charge in [-0.15, -0.1) is 11.3 Å². The van der Waals surface area contributed by atoms with E-state index in [0.717, 1.165) is 32.0 Å². The molecule has 240 valence electrons. The Balaban J connectivity index is 1.36. The number of likely N-dealkylation sites (N-methyl/N-ethyl adjacent to an activating group) is 1. The highest BCUT2D eigenvalue weighted by Gasteiger charge is 2.32. The van der Waals surface area contributed by atoms with Crippen LogP contribution in [0.5, 0.6) is 0 Å². The van der Waals surface area contributed by atoms with Crippen LogP contribution >= 0.6 is 11.3 Å². The van der Waals surface area contributed by atoms with Crippen molar-refractivity contribution in [3.8, 4) is 0 Å². The molecule has 11 heteroatoms. The molecule has 4 aromatic rings. The van der Waals surface area contributed by atoms with Crippen molar-refractivity contribution in [1.29, 1.82) is 0 Å². The van der Waals surface area contributed by atoms with E-state index >= 15 is 0 Å². The monoisotopic (exact) mass is 633 g/mol. The Kier molecular flexibility index (Phi) is 12.3. The van der Waals surface area contributed by atoms with E-state index in [1.807, 2.05) is 81.4 Å². The summed E-state index contributed by atoms with van der Waals surface area (Å²) in [6, 6.07) is 20.3. The molecule has 2 atom stereocenters. The average molecular weight is 634 g/mol. The van der Waals surface area contributed by atoms with E-state index in [4.69, 9.17) is 9.47 Å². The number of amides is 4. The summed E-state index contributed by atoms with van der Waals surface area (Å²) in [6.07, 6.45) is -0.625. The van der Waals surface area contributed by atoms with E-state index in [1.165, 1.54) is 5.01 Å². The van der Waals surface area contributed by atoms with Gasteiger partial charge in [0.15, 0.2) is 6.29 Å². The highest BCUT2D eigenvalue weighted by molar-refractivity contribution is 7.17. The van der Waals surface area contributed by atoms with Crippen LogP contribution in [0.1, 0.15) is 38.8 Å². The molecule has 3 N–H and O–H groups in total. The lowest BCUT2D eigenvalue weighted by Gasteiger charge is -2.36. The zero-order valence-electron chi connectivity index (χ0n) is 26.5. The highest BCUT2D eigenvalue weighted by Crippen LogP contribution is 2.28. The topological polar surface area (TPSA) is 112 Å². The van der Waals surface area contributed by atoms with E-state index in [1.54, 1.807) is 30.2 Å². The van der Waals surface area contributed by atoms with Crippen LogP contribution < -0.4 is 16.1 Å². The second kappa shape index (κ2) is 16.3. The molecule has 0 unspecified atom stereocenters. The summed E-state index contributed by atoms with van der Waals surface area (Å²) in [5.74, 6) is -0.675. The Morgan fingerprint density at radius 3 is 2.27 bits per heavy atom. The number of carbonyl (C=O) groups is 3. The van der Waals surface area contributed by atoms with E-state index in [0.29, 0.717) is 26.3 Å². The summed E-state index contributed by atoms with van der Waals surface area (Å²) in [5.41, 5.74) is 4.66. The van der Waals surface area contributed by atoms with Crippen molar-refractivity contribution in [2.75, 3.05) is 26.8 Å². The van der Waals surface area contributed by atoms with E-state index in [2.05, 4.69) is 27.5 Å². The predicted molar refractivity (Wildman–Crippen MR) is 178 cm³/mol. The first-order valence-corrected chi connectivity index (χ1v) is 16.1. The van der Waals surface area contributed by atoms with Crippen LogP contribution in [-0.4, -0.2) is 72.9 Å². The minimum Gasteiger partial charge on any atom is -0.351 e. The van der Waals surface area contributed by atoms with E-state index in [9.17, 15) is 14.4 Å². The summed E-state index contributed by atoms with van der Waals surface area (Å²) in [5, 5.41) is 12.3. The number of nitrogens with zero attached hydrogens (tertiary/aromatic N) is 2. The van der Waals surface area contributed by atoms with Gasteiger partial charge in [-0.2, -0.15) is 0 Å². The molecule has 0 spiro atoms. The van der Waals surface area contributed by atoms with Gasteiger partial charge in [-0.3, -0.25) is 15.0 Å². The van der Waals surface area contributed by atoms with Crippen LogP contribution in [0.3, 0.4) is 0 Å². The lowest BCUT2D eigenvalue weighted by Crippen LogP contribution is -2.55. The van der Waals surface area contributed by atoms with Crippen LogP contribution in [0.25, 0.3) is 20.9 Å². The van der Waals surface area contributed by atoms with Crippen LogP contribution in [0.4, 0.5) is 4.79 Å². The number of hydrogen-bond acceptors (Lipinski definition) is 7. The molecule has 1 heterocycles. The molecule has 0 bridgehead atoms. The number of rotatable bonds is 15. The number of carbonyl (C=O) groups excluding carboxylic acids is 3. The van der Waals surface area contributed by atoms with Gasteiger partial charge in [0.05, 0.1) is 12.6 Å². The number of hydrogen-bond donors (Lipinski definition) is 3. The molecule has 4 amide bonds. The maximum atomic E-state index is 13.9. The number of hydrazine groups is 1. The fourth-order valence-electron chi connectivity index (χ4n) is 5.25. The molecule has 10 nitrogen and oxygen atoms in total. The molecule has 0 aliphatic heterocycles. The van der Waals surface area contributed by atoms with Gasteiger partial charge in [-0.05, 0) is 66.4 Å². The molecule has 0 saturated carbocycles. The van der Waals surface area contributed by atoms with Crippen LogP contribution in [0, 0.1) is 0 Å². The molecule has 45 heavy (non-hydrogen) atoms. The van der Waals surface area contributed by atoms with E-state index in [-0.39, 0.29) is 12.5 Å². The fourth-order valence-corrected chi connectivity index (χ4v) is 6.20. The molecule has 3 aromatic carbocycles. The van der Waals surface area contributed by atoms with Gasteiger partial charge >= 0.3 is 6.03 Å². The SMILES string of the molecule is CCOC(OCC)[C@H](C)N(Cc1csc2ccccc12)C(=O)[C@H](C)NC(=O)CN(C)NC(=O)NCc1cccc2ccccc12. The number of nitrogens with one attached hydrogen (secondary N) is 3. The fraction of sp³-hybridized carbons (Fsp3) is 0.382. The third kappa shape index (κ3) is 9.01. The van der Waals surface area contributed by atoms with Gasteiger partial charge in [-0.25, -0.2) is 9.80 Å². The maximum Gasteiger partial charge on any atom is 0.329 e. The molecule has 0 aliphatic carbocycles. The minimum absolute atomic E-state index is 0.148. The Morgan fingerprint density at radius 1 is 0.867 bits per heavy atom. The van der Waals surface area contributed by atoms with Gasteiger partial charge in [0, 0.05) is 38.1 Å². The average Bonchev–Trinajstić information content (AvgIpc) is 3.44. The lowest BCUT2D eigenvalue weighted by molar-refractivity contribution is -0.179. The van der Waals surface area contributed by atoms with Crippen molar-refractivity contribution in [2.24, 2.45) is 0 Å². The molecule has 0 aliphatic rings. The van der Waals surface area contributed by atoms with Gasteiger partial charge in [0.2, 0.25) is 11.8 Å². The van der Waals surface area contributed by atoms with Gasteiger partial charge in [0.25, 0.3) is 0 Å². The third-order valence-electron chi connectivity index (χ3n) is 7.47. The van der Waals surface area contributed by atoms with Crippen molar-refractivity contribution in [3.63, 3.8) is 0 Å². The largest absolute Gasteiger partial charge is 0.351 e. The summed E-state index contributed by atoms with van der Waals surface area (Å²) in [7, 11) is 1.59. The Bertz CT molecular complexity index is 1580. The minimum atomic E-state index is -0.831. The highest BCUT2D eigenvalue weighted by atomic mass is 32.1. The zero-order chi connectivity index (χ0) is 32.3. The van der Waals surface area contributed by atoms with Gasteiger partial charge in [0.1, 0.15) is 6.04 Å². The van der Waals surface area contributed by atoms with Crippen molar-refractivity contribution in [1.82, 2.24) is 26.0 Å². The third-order valence-corrected chi connectivity index (χ3v) is 8.49. The second-order valence-corrected chi connectivity index (χ2v) is 11.7. The molecular weight excluding hydrogens is 590 g/mol. The van der Waals surface area contributed by atoms with Crippen molar-refractivity contribution < 1.29 is 23.9 Å². The summed E-state index contributed by atoms with van der Waals surface area (Å²) in [6.45, 7) is 8.70. The Hall–Kier alpha value is -4.03. The molecule has 0 saturated heterocycles. The summed E-state index contributed by atoms with van der Waals surface area (Å²) in [4.78, 5) is 41.1. The first-order chi connectivity index (χ1) is 21.7. The van der Waals surface area contributed by atoms with Crippen LogP contribution in [0.2, 0.25) is 0 Å². The summed E-state index contributed by atoms with van der Waals surface area (Å²) < 4.78 is 12.8. The van der Waals surface area contributed by atoms with Crippen molar-refractivity contribution >= 4 is 50.0 Å². The lowest BCUT2D eigenvalue weighted by atomic mass is 10.0. The number of benzene rings is 3. The zero-order valence-corrected chi connectivity index (χ0v) is 27.4. The number of thiophene rings is 1. The second-order valence-electron chi connectivity index (χ2n) is 10.8. The first-order valence-electron chi connectivity index (χ1n) is 15.2. The number of ether oxygens (including phenoxy) is 2. The molecule has 0 fully saturated rings.